The van der Waals surface area contributed by atoms with Gasteiger partial charge in [-0.2, -0.15) is 5.10 Å². The van der Waals surface area contributed by atoms with Gasteiger partial charge in [0.05, 0.1) is 22.5 Å². The predicted molar refractivity (Wildman–Crippen MR) is 146 cm³/mol. The highest BCUT2D eigenvalue weighted by molar-refractivity contribution is 5.79. The van der Waals surface area contributed by atoms with Gasteiger partial charge in [0.25, 0.3) is 0 Å². The Labute approximate surface area is 219 Å². The van der Waals surface area contributed by atoms with Crippen LogP contribution in [0.2, 0.25) is 0 Å². The number of fused-ring (bicyclic) bond motifs is 1. The summed E-state index contributed by atoms with van der Waals surface area (Å²) in [6.45, 7) is 12.3. The van der Waals surface area contributed by atoms with E-state index in [1.165, 1.54) is 0 Å². The maximum absolute atomic E-state index is 12.4. The van der Waals surface area contributed by atoms with E-state index in [-0.39, 0.29) is 23.2 Å². The molecule has 2 saturated heterocycles. The molecule has 1 unspecified atom stereocenters. The number of urea groups is 1. The summed E-state index contributed by atoms with van der Waals surface area (Å²) >= 11 is 0. The molecule has 5 rings (SSSR count). The van der Waals surface area contributed by atoms with Gasteiger partial charge in [0.1, 0.15) is 0 Å². The number of rotatable bonds is 5. The Balaban J connectivity index is 1.35. The lowest BCUT2D eigenvalue weighted by Gasteiger charge is -2.45. The molecule has 3 aromatic rings. The van der Waals surface area contributed by atoms with Crippen molar-refractivity contribution in [3.63, 3.8) is 0 Å². The largest absolute Gasteiger partial charge is 0.373 e. The molecule has 0 bridgehead atoms. The first kappa shape index (κ1) is 25.5. The Morgan fingerprint density at radius 2 is 1.95 bits per heavy atom. The minimum Gasteiger partial charge on any atom is -0.373 e. The lowest BCUT2D eigenvalue weighted by Crippen LogP contribution is -2.53. The zero-order chi connectivity index (χ0) is 26.2. The van der Waals surface area contributed by atoms with E-state index in [4.69, 9.17) is 9.72 Å². The number of hydrogen-bond acceptors (Lipinski definition) is 6. The second-order valence-corrected chi connectivity index (χ2v) is 11.2. The summed E-state index contributed by atoms with van der Waals surface area (Å²) in [5.41, 5.74) is 4.91. The van der Waals surface area contributed by atoms with E-state index in [0.29, 0.717) is 13.1 Å². The second kappa shape index (κ2) is 9.95. The van der Waals surface area contributed by atoms with Gasteiger partial charge < -0.3 is 25.2 Å². The topological polar surface area (TPSA) is 87.0 Å². The minimum absolute atomic E-state index is 0.0114. The third-order valence-corrected chi connectivity index (χ3v) is 7.64. The first-order chi connectivity index (χ1) is 17.7. The van der Waals surface area contributed by atoms with E-state index in [0.717, 1.165) is 60.5 Å². The van der Waals surface area contributed by atoms with Gasteiger partial charge >= 0.3 is 6.03 Å². The first-order valence-corrected chi connectivity index (χ1v) is 13.2. The van der Waals surface area contributed by atoms with Crippen LogP contribution in [0.5, 0.6) is 0 Å². The molecule has 0 saturated carbocycles. The van der Waals surface area contributed by atoms with E-state index in [2.05, 4.69) is 58.7 Å². The molecule has 9 nitrogen and oxygen atoms in total. The zero-order valence-electron chi connectivity index (χ0n) is 22.6. The molecule has 2 amide bonds. The van der Waals surface area contributed by atoms with Crippen molar-refractivity contribution < 1.29 is 9.53 Å². The van der Waals surface area contributed by atoms with Crippen LogP contribution in [0, 0.1) is 0 Å². The zero-order valence-corrected chi connectivity index (χ0v) is 22.6. The molecular weight excluding hydrogens is 466 g/mol. The normalized spacial score (nSPS) is 22.0. The van der Waals surface area contributed by atoms with Gasteiger partial charge in [-0.3, -0.25) is 4.98 Å². The molecule has 0 radical (unpaired) electrons. The van der Waals surface area contributed by atoms with Crippen LogP contribution in [-0.2, 0) is 10.3 Å². The Kier molecular flexibility index (Phi) is 6.85. The minimum atomic E-state index is -0.325. The third kappa shape index (κ3) is 5.15. The fourth-order valence-corrected chi connectivity index (χ4v) is 5.74. The number of anilines is 1. The van der Waals surface area contributed by atoms with Crippen LogP contribution >= 0.6 is 0 Å². The van der Waals surface area contributed by atoms with Crippen molar-refractivity contribution in [3.05, 3.63) is 48.4 Å². The molecule has 0 aliphatic carbocycles. The van der Waals surface area contributed by atoms with Crippen LogP contribution in [-0.4, -0.2) is 76.9 Å². The first-order valence-electron chi connectivity index (χ1n) is 13.2. The highest BCUT2D eigenvalue weighted by atomic mass is 16.5. The van der Waals surface area contributed by atoms with Crippen molar-refractivity contribution in [2.45, 2.75) is 57.7 Å². The molecule has 2 aliphatic rings. The number of piperazine rings is 1. The number of carbonyl (C=O) groups excluding carboxylic acids is 1. The Bertz CT molecular complexity index is 1250. The van der Waals surface area contributed by atoms with Gasteiger partial charge in [0.2, 0.25) is 0 Å². The monoisotopic (exact) mass is 505 g/mol. The van der Waals surface area contributed by atoms with Gasteiger partial charge in [-0.25, -0.2) is 9.31 Å². The molecule has 5 heterocycles. The molecule has 37 heavy (non-hydrogen) atoms. The number of nitrogens with zero attached hydrogens (tertiary/aromatic N) is 5. The number of nitrogens with one attached hydrogen (secondary N) is 2. The lowest BCUT2D eigenvalue weighted by atomic mass is 9.77. The van der Waals surface area contributed by atoms with Crippen LogP contribution in [0.4, 0.5) is 10.5 Å². The van der Waals surface area contributed by atoms with Gasteiger partial charge in [-0.15, -0.1) is 0 Å². The third-order valence-electron chi connectivity index (χ3n) is 7.64. The Morgan fingerprint density at radius 1 is 1.16 bits per heavy atom. The molecule has 0 spiro atoms. The highest BCUT2D eigenvalue weighted by Crippen LogP contribution is 2.40. The van der Waals surface area contributed by atoms with Gasteiger partial charge in [-0.1, -0.05) is 6.07 Å². The van der Waals surface area contributed by atoms with Gasteiger partial charge in [0.15, 0.2) is 0 Å². The molecule has 1 atom stereocenters. The molecule has 2 N–H and O–H groups in total. The van der Waals surface area contributed by atoms with E-state index in [1.54, 1.807) is 7.11 Å². The summed E-state index contributed by atoms with van der Waals surface area (Å²) in [6.07, 6.45) is 7.66. The van der Waals surface area contributed by atoms with Crippen molar-refractivity contribution in [1.82, 2.24) is 30.1 Å². The number of aromatic nitrogens is 3. The standard InChI is InChI=1S/C28H39N7O2/c1-20(2)32-26(36)34-14-12-33(13-15-34)24-8-10-31-35-18-21(16-25(24)35)23-7-6-22(17-29-23)28(37-5)9-11-30-27(3,4)19-28/h6-8,10,16-18,20,30H,9,11-15,19H2,1-5H3,(H,32,36). The van der Waals surface area contributed by atoms with E-state index in [9.17, 15) is 4.79 Å². The van der Waals surface area contributed by atoms with Crippen molar-refractivity contribution >= 4 is 17.2 Å². The summed E-state index contributed by atoms with van der Waals surface area (Å²) in [5.74, 6) is 0. The Morgan fingerprint density at radius 3 is 2.59 bits per heavy atom. The molecule has 3 aromatic heterocycles. The maximum Gasteiger partial charge on any atom is 0.317 e. The van der Waals surface area contributed by atoms with Crippen LogP contribution in [0.15, 0.2) is 42.9 Å². The van der Waals surface area contributed by atoms with Gasteiger partial charge in [-0.05, 0) is 65.3 Å². The fourth-order valence-electron chi connectivity index (χ4n) is 5.74. The SMILES string of the molecule is COC1(c2ccc(-c3cc4c(N5CCN(C(=O)NC(C)C)CC5)ccnn4c3)nc2)CCNC(C)(C)C1. The number of pyridine rings is 1. The Hall–Kier alpha value is -3.17. The summed E-state index contributed by atoms with van der Waals surface area (Å²) < 4.78 is 8.01. The molecule has 2 fully saturated rings. The molecular formula is C28H39N7O2. The molecule has 2 aliphatic heterocycles. The smallest absolute Gasteiger partial charge is 0.317 e. The van der Waals surface area contributed by atoms with Crippen LogP contribution in [0.3, 0.4) is 0 Å². The summed E-state index contributed by atoms with van der Waals surface area (Å²) in [7, 11) is 1.81. The molecule has 0 aromatic carbocycles. The van der Waals surface area contributed by atoms with Gasteiger partial charge in [0, 0.05) is 74.6 Å². The van der Waals surface area contributed by atoms with Crippen LogP contribution < -0.4 is 15.5 Å². The predicted octanol–water partition coefficient (Wildman–Crippen LogP) is 3.64. The number of carbonyl (C=O) groups is 1. The van der Waals surface area contributed by atoms with Crippen LogP contribution in [0.25, 0.3) is 16.8 Å². The van der Waals surface area contributed by atoms with Crippen molar-refractivity contribution in [2.24, 2.45) is 0 Å². The fraction of sp³-hybridized carbons (Fsp3) is 0.536. The van der Waals surface area contributed by atoms with E-state index in [1.807, 2.05) is 41.9 Å². The van der Waals surface area contributed by atoms with Crippen LogP contribution in [0.1, 0.15) is 46.1 Å². The summed E-state index contributed by atoms with van der Waals surface area (Å²) in [4.78, 5) is 21.5. The number of hydrogen-bond donors (Lipinski definition) is 2. The van der Waals surface area contributed by atoms with E-state index >= 15 is 0 Å². The lowest BCUT2D eigenvalue weighted by molar-refractivity contribution is -0.0638. The number of amides is 2. The average molecular weight is 506 g/mol. The number of piperidine rings is 1. The van der Waals surface area contributed by atoms with Crippen molar-refractivity contribution in [1.29, 1.82) is 0 Å². The highest BCUT2D eigenvalue weighted by Gasteiger charge is 2.41. The number of ether oxygens (including phenoxy) is 1. The van der Waals surface area contributed by atoms with E-state index < -0.39 is 0 Å². The molecule has 198 valence electrons. The summed E-state index contributed by atoms with van der Waals surface area (Å²) in [5, 5.41) is 11.1. The van der Waals surface area contributed by atoms with Crippen molar-refractivity contribution in [2.75, 3.05) is 44.7 Å². The quantitative estimate of drug-likeness (QED) is 0.551. The second-order valence-electron chi connectivity index (χ2n) is 11.2. The average Bonchev–Trinajstić information content (AvgIpc) is 3.32. The summed E-state index contributed by atoms with van der Waals surface area (Å²) in [6, 6.07) is 8.61. The maximum atomic E-state index is 12.4. The molecule has 9 heteroatoms. The number of methoxy groups -OCH3 is 1. The van der Waals surface area contributed by atoms with Crippen molar-refractivity contribution in [3.8, 4) is 11.3 Å².